The van der Waals surface area contributed by atoms with Crippen molar-refractivity contribution in [1.29, 1.82) is 0 Å². The molecule has 1 aliphatic heterocycles. The van der Waals surface area contributed by atoms with Gasteiger partial charge in [0.15, 0.2) is 0 Å². The second kappa shape index (κ2) is 7.13. The normalized spacial score (nSPS) is 16.0. The second-order valence-electron chi connectivity index (χ2n) is 5.76. The highest BCUT2D eigenvalue weighted by Crippen LogP contribution is 2.16. The molecule has 1 aromatic heterocycles. The van der Waals surface area contributed by atoms with Crippen molar-refractivity contribution >= 4 is 11.7 Å². The lowest BCUT2D eigenvalue weighted by atomic mass is 10.1. The Morgan fingerprint density at radius 2 is 1.70 bits per heavy atom. The van der Waals surface area contributed by atoms with E-state index in [4.69, 9.17) is 0 Å². The number of pyridine rings is 1. The molecule has 1 saturated heterocycles. The molecule has 5 heteroatoms. The number of nitrogens with one attached hydrogen (secondary N) is 1. The van der Waals surface area contributed by atoms with E-state index in [0.717, 1.165) is 37.4 Å². The zero-order valence-electron chi connectivity index (χ0n) is 13.4. The van der Waals surface area contributed by atoms with Gasteiger partial charge in [-0.2, -0.15) is 0 Å². The average Bonchev–Trinajstić information content (AvgIpc) is 2.63. The molecule has 1 aliphatic rings. The van der Waals surface area contributed by atoms with E-state index in [0.29, 0.717) is 0 Å². The summed E-state index contributed by atoms with van der Waals surface area (Å²) in [6, 6.07) is 14.1. The molecule has 1 unspecified atom stereocenters. The molecular weight excluding hydrogens is 288 g/mol. The van der Waals surface area contributed by atoms with E-state index in [2.05, 4.69) is 15.2 Å². The van der Waals surface area contributed by atoms with Crippen LogP contribution in [0.5, 0.6) is 0 Å². The molecule has 2 amide bonds. The van der Waals surface area contributed by atoms with Crippen LogP contribution in [0.25, 0.3) is 0 Å². The van der Waals surface area contributed by atoms with Gasteiger partial charge in [0.25, 0.3) is 0 Å². The van der Waals surface area contributed by atoms with Crippen molar-refractivity contribution in [1.82, 2.24) is 15.2 Å². The van der Waals surface area contributed by atoms with E-state index >= 15 is 0 Å². The number of hydrogen-bond donors (Lipinski definition) is 1. The van der Waals surface area contributed by atoms with Gasteiger partial charge in [-0.15, -0.1) is 0 Å². The Morgan fingerprint density at radius 3 is 2.35 bits per heavy atom. The maximum Gasteiger partial charge on any atom is 0.317 e. The SMILES string of the molecule is CC(NC(=O)N1CCN(c2ccncc2)CC1)c1ccccc1. The van der Waals surface area contributed by atoms with Crippen molar-refractivity contribution < 1.29 is 4.79 Å². The van der Waals surface area contributed by atoms with Gasteiger partial charge in [-0.1, -0.05) is 30.3 Å². The molecule has 1 N–H and O–H groups in total. The van der Waals surface area contributed by atoms with E-state index in [1.807, 2.05) is 54.3 Å². The van der Waals surface area contributed by atoms with Crippen LogP contribution in [0.4, 0.5) is 10.5 Å². The van der Waals surface area contributed by atoms with Crippen molar-refractivity contribution in [2.24, 2.45) is 0 Å². The van der Waals surface area contributed by atoms with Crippen molar-refractivity contribution in [3.8, 4) is 0 Å². The highest BCUT2D eigenvalue weighted by molar-refractivity contribution is 5.75. The summed E-state index contributed by atoms with van der Waals surface area (Å²) in [5, 5.41) is 3.08. The van der Waals surface area contributed by atoms with Crippen LogP contribution >= 0.6 is 0 Å². The number of anilines is 1. The maximum atomic E-state index is 12.4. The van der Waals surface area contributed by atoms with Crippen LogP contribution in [-0.4, -0.2) is 42.1 Å². The number of aromatic nitrogens is 1. The summed E-state index contributed by atoms with van der Waals surface area (Å²) < 4.78 is 0. The summed E-state index contributed by atoms with van der Waals surface area (Å²) >= 11 is 0. The lowest BCUT2D eigenvalue weighted by Crippen LogP contribution is -2.52. The van der Waals surface area contributed by atoms with Crippen molar-refractivity contribution in [3.63, 3.8) is 0 Å². The van der Waals surface area contributed by atoms with E-state index in [1.165, 1.54) is 0 Å². The standard InChI is InChI=1S/C18H22N4O/c1-15(16-5-3-2-4-6-16)20-18(23)22-13-11-21(12-14-22)17-7-9-19-10-8-17/h2-10,15H,11-14H2,1H3,(H,20,23). The number of carbonyl (C=O) groups excluding carboxylic acids is 1. The largest absolute Gasteiger partial charge is 0.368 e. The molecule has 1 fully saturated rings. The fourth-order valence-electron chi connectivity index (χ4n) is 2.82. The summed E-state index contributed by atoms with van der Waals surface area (Å²) in [5.74, 6) is 0. The van der Waals surface area contributed by atoms with Crippen molar-refractivity contribution in [2.45, 2.75) is 13.0 Å². The molecule has 1 aromatic carbocycles. The Morgan fingerprint density at radius 1 is 1.04 bits per heavy atom. The average molecular weight is 310 g/mol. The smallest absolute Gasteiger partial charge is 0.317 e. The highest BCUT2D eigenvalue weighted by Gasteiger charge is 2.22. The molecule has 0 aliphatic carbocycles. The zero-order valence-corrected chi connectivity index (χ0v) is 13.4. The molecule has 2 aromatic rings. The molecule has 1 atom stereocenters. The van der Waals surface area contributed by atoms with Gasteiger partial charge >= 0.3 is 6.03 Å². The van der Waals surface area contributed by atoms with Gasteiger partial charge in [-0.05, 0) is 24.6 Å². The van der Waals surface area contributed by atoms with Gasteiger partial charge in [0, 0.05) is 44.3 Å². The number of urea groups is 1. The third kappa shape index (κ3) is 3.80. The van der Waals surface area contributed by atoms with Crippen molar-refractivity contribution in [3.05, 3.63) is 60.4 Å². The Kier molecular flexibility index (Phi) is 4.76. The minimum absolute atomic E-state index is 0.00994. The van der Waals surface area contributed by atoms with Gasteiger partial charge in [0.2, 0.25) is 0 Å². The molecule has 23 heavy (non-hydrogen) atoms. The number of amides is 2. The van der Waals surface area contributed by atoms with Gasteiger partial charge in [0.05, 0.1) is 6.04 Å². The van der Waals surface area contributed by atoms with Gasteiger partial charge in [-0.25, -0.2) is 4.79 Å². The third-order valence-electron chi connectivity index (χ3n) is 4.23. The van der Waals surface area contributed by atoms with Gasteiger partial charge in [0.1, 0.15) is 0 Å². The Balaban J connectivity index is 1.52. The predicted octanol–water partition coefficient (Wildman–Crippen LogP) is 2.67. The minimum atomic E-state index is 0.00994. The number of nitrogens with zero attached hydrogens (tertiary/aromatic N) is 3. The predicted molar refractivity (Wildman–Crippen MR) is 91.4 cm³/mol. The van der Waals surface area contributed by atoms with E-state index in [-0.39, 0.29) is 12.1 Å². The topological polar surface area (TPSA) is 48.5 Å². The lowest BCUT2D eigenvalue weighted by Gasteiger charge is -2.36. The van der Waals surface area contributed by atoms with E-state index in [1.54, 1.807) is 12.4 Å². The Bertz CT molecular complexity index is 624. The second-order valence-corrected chi connectivity index (χ2v) is 5.76. The van der Waals surface area contributed by atoms with Crippen LogP contribution in [0, 0.1) is 0 Å². The first kappa shape index (κ1) is 15.3. The van der Waals surface area contributed by atoms with Gasteiger partial charge < -0.3 is 15.1 Å². The highest BCUT2D eigenvalue weighted by atomic mass is 16.2. The first-order valence-electron chi connectivity index (χ1n) is 7.99. The Labute approximate surface area is 136 Å². The summed E-state index contributed by atoms with van der Waals surface area (Å²) in [7, 11) is 0. The van der Waals surface area contributed by atoms with E-state index in [9.17, 15) is 4.79 Å². The van der Waals surface area contributed by atoms with Gasteiger partial charge in [-0.3, -0.25) is 4.98 Å². The number of hydrogen-bond acceptors (Lipinski definition) is 3. The number of rotatable bonds is 3. The zero-order chi connectivity index (χ0) is 16.1. The summed E-state index contributed by atoms with van der Waals surface area (Å²) in [5.41, 5.74) is 2.29. The molecule has 0 saturated carbocycles. The van der Waals surface area contributed by atoms with Crippen LogP contribution in [0.15, 0.2) is 54.9 Å². The molecule has 120 valence electrons. The lowest BCUT2D eigenvalue weighted by molar-refractivity contribution is 0.191. The third-order valence-corrected chi connectivity index (χ3v) is 4.23. The van der Waals surface area contributed by atoms with Crippen LogP contribution in [-0.2, 0) is 0 Å². The number of piperazine rings is 1. The quantitative estimate of drug-likeness (QED) is 0.948. The molecule has 2 heterocycles. The van der Waals surface area contributed by atoms with E-state index < -0.39 is 0 Å². The van der Waals surface area contributed by atoms with Crippen molar-refractivity contribution in [2.75, 3.05) is 31.1 Å². The van der Waals surface area contributed by atoms with Crippen LogP contribution in [0.2, 0.25) is 0 Å². The number of carbonyl (C=O) groups is 1. The van der Waals surface area contributed by atoms with Crippen LogP contribution in [0.3, 0.4) is 0 Å². The molecule has 0 spiro atoms. The fraction of sp³-hybridized carbons (Fsp3) is 0.333. The molecule has 0 bridgehead atoms. The minimum Gasteiger partial charge on any atom is -0.368 e. The summed E-state index contributed by atoms with van der Waals surface area (Å²) in [4.78, 5) is 20.6. The molecule has 0 radical (unpaired) electrons. The maximum absolute atomic E-state index is 12.4. The molecule has 5 nitrogen and oxygen atoms in total. The first-order valence-corrected chi connectivity index (χ1v) is 7.99. The summed E-state index contributed by atoms with van der Waals surface area (Å²) in [6.07, 6.45) is 3.60. The Hall–Kier alpha value is -2.56. The monoisotopic (exact) mass is 310 g/mol. The fourth-order valence-corrected chi connectivity index (χ4v) is 2.82. The van der Waals surface area contributed by atoms with Crippen LogP contribution < -0.4 is 10.2 Å². The van der Waals surface area contributed by atoms with Crippen LogP contribution in [0.1, 0.15) is 18.5 Å². The molecular formula is C18H22N4O. The first-order chi connectivity index (χ1) is 11.2. The molecule has 3 rings (SSSR count). The summed E-state index contributed by atoms with van der Waals surface area (Å²) in [6.45, 7) is 5.17. The number of benzene rings is 1.